The normalized spacial score (nSPS) is 9.74. The summed E-state index contributed by atoms with van der Waals surface area (Å²) in [5.74, 6) is 0.425. The van der Waals surface area contributed by atoms with Crippen molar-refractivity contribution >= 4 is 21.8 Å². The quantitative estimate of drug-likeness (QED) is 0.746. The van der Waals surface area contributed by atoms with Crippen molar-refractivity contribution < 1.29 is 9.53 Å². The highest BCUT2D eigenvalue weighted by Gasteiger charge is 2.09. The van der Waals surface area contributed by atoms with Gasteiger partial charge in [0.1, 0.15) is 5.75 Å². The average Bonchev–Trinajstić information content (AvgIpc) is 2.39. The van der Waals surface area contributed by atoms with Gasteiger partial charge in [-0.05, 0) is 29.0 Å². The second-order valence-electron chi connectivity index (χ2n) is 3.81. The maximum absolute atomic E-state index is 11.5. The van der Waals surface area contributed by atoms with Crippen molar-refractivity contribution in [2.45, 2.75) is 13.0 Å². The van der Waals surface area contributed by atoms with Crippen LogP contribution >= 0.6 is 15.9 Å². The predicted octanol–water partition coefficient (Wildman–Crippen LogP) is 1.58. The third-order valence-electron chi connectivity index (χ3n) is 2.32. The summed E-state index contributed by atoms with van der Waals surface area (Å²) in [4.78, 5) is 11.5. The number of carbonyl (C=O) groups is 1. The minimum Gasteiger partial charge on any atom is -0.482 e. The summed E-state index contributed by atoms with van der Waals surface area (Å²) in [6.45, 7) is 0.938. The fourth-order valence-corrected chi connectivity index (χ4v) is 2.01. The summed E-state index contributed by atoms with van der Waals surface area (Å²) >= 11 is 3.40. The molecule has 102 valence electrons. The molecule has 0 fully saturated rings. The fraction of sp³-hybridized carbons (Fsp3) is 0.385. The zero-order chi connectivity index (χ0) is 14.1. The van der Waals surface area contributed by atoms with Gasteiger partial charge in [-0.15, -0.1) is 0 Å². The molecule has 0 aliphatic rings. The van der Waals surface area contributed by atoms with E-state index in [-0.39, 0.29) is 12.5 Å². The first-order valence-corrected chi connectivity index (χ1v) is 6.66. The molecule has 2 N–H and O–H groups in total. The summed E-state index contributed by atoms with van der Waals surface area (Å²) < 4.78 is 6.34. The first kappa shape index (κ1) is 15.5. The molecule has 0 heterocycles. The van der Waals surface area contributed by atoms with Gasteiger partial charge < -0.3 is 15.4 Å². The molecule has 0 aliphatic heterocycles. The molecule has 6 heteroatoms. The van der Waals surface area contributed by atoms with Crippen molar-refractivity contribution in [3.8, 4) is 11.8 Å². The van der Waals surface area contributed by atoms with Gasteiger partial charge in [0.2, 0.25) is 0 Å². The summed E-state index contributed by atoms with van der Waals surface area (Å²) in [5.41, 5.74) is 0.974. The van der Waals surface area contributed by atoms with Crippen molar-refractivity contribution in [1.29, 1.82) is 5.26 Å². The Balaban J connectivity index is 2.57. The van der Waals surface area contributed by atoms with Crippen LogP contribution < -0.4 is 15.4 Å². The third kappa shape index (κ3) is 5.28. The van der Waals surface area contributed by atoms with Gasteiger partial charge in [0.05, 0.1) is 17.0 Å². The standard InChI is InChI=1S/C13H16BrN3O2/c1-16-8-10-4-2-5-11(14)13(10)19-9-12(18)17-7-3-6-15/h2,4-5,16H,3,7-9H2,1H3,(H,17,18). The van der Waals surface area contributed by atoms with Crippen LogP contribution in [-0.4, -0.2) is 26.1 Å². The van der Waals surface area contributed by atoms with Crippen LogP contribution in [0.2, 0.25) is 0 Å². The number of amides is 1. The topological polar surface area (TPSA) is 74.2 Å². The summed E-state index contributed by atoms with van der Waals surface area (Å²) in [5, 5.41) is 14.0. The van der Waals surface area contributed by atoms with Gasteiger partial charge in [-0.25, -0.2) is 0 Å². The lowest BCUT2D eigenvalue weighted by atomic mass is 10.2. The van der Waals surface area contributed by atoms with Gasteiger partial charge in [0, 0.05) is 18.7 Å². The van der Waals surface area contributed by atoms with E-state index in [1.807, 2.05) is 31.3 Å². The highest BCUT2D eigenvalue weighted by atomic mass is 79.9. The maximum atomic E-state index is 11.5. The molecule has 5 nitrogen and oxygen atoms in total. The van der Waals surface area contributed by atoms with Gasteiger partial charge in [-0.1, -0.05) is 12.1 Å². The van der Waals surface area contributed by atoms with Crippen LogP contribution in [0, 0.1) is 11.3 Å². The molecule has 0 atom stereocenters. The van der Waals surface area contributed by atoms with Crippen molar-refractivity contribution in [2.75, 3.05) is 20.2 Å². The molecular formula is C13H16BrN3O2. The van der Waals surface area contributed by atoms with E-state index in [1.165, 1.54) is 0 Å². The van der Waals surface area contributed by atoms with E-state index in [0.717, 1.165) is 10.0 Å². The molecule has 1 aromatic carbocycles. The van der Waals surface area contributed by atoms with E-state index in [0.29, 0.717) is 25.3 Å². The molecule has 0 aromatic heterocycles. The number of benzene rings is 1. The molecule has 19 heavy (non-hydrogen) atoms. The number of nitrogens with one attached hydrogen (secondary N) is 2. The molecule has 0 saturated carbocycles. The predicted molar refractivity (Wildman–Crippen MR) is 75.6 cm³/mol. The molecule has 0 unspecified atom stereocenters. The third-order valence-corrected chi connectivity index (χ3v) is 2.95. The number of nitrogens with zero attached hydrogens (tertiary/aromatic N) is 1. The Kier molecular flexibility index (Phi) is 6.93. The second-order valence-corrected chi connectivity index (χ2v) is 4.66. The van der Waals surface area contributed by atoms with Crippen LogP contribution in [0.1, 0.15) is 12.0 Å². The van der Waals surface area contributed by atoms with Crippen LogP contribution in [0.25, 0.3) is 0 Å². The zero-order valence-electron chi connectivity index (χ0n) is 10.7. The van der Waals surface area contributed by atoms with E-state index in [4.69, 9.17) is 10.00 Å². The largest absolute Gasteiger partial charge is 0.482 e. The van der Waals surface area contributed by atoms with E-state index in [2.05, 4.69) is 26.6 Å². The number of para-hydroxylation sites is 1. The Bertz CT molecular complexity index is 471. The van der Waals surface area contributed by atoms with Crippen molar-refractivity contribution in [3.05, 3.63) is 28.2 Å². The monoisotopic (exact) mass is 325 g/mol. The van der Waals surface area contributed by atoms with Crippen molar-refractivity contribution in [2.24, 2.45) is 0 Å². The molecular weight excluding hydrogens is 310 g/mol. The Morgan fingerprint density at radius 2 is 2.32 bits per heavy atom. The van der Waals surface area contributed by atoms with Gasteiger partial charge >= 0.3 is 0 Å². The van der Waals surface area contributed by atoms with E-state index in [9.17, 15) is 4.79 Å². The lowest BCUT2D eigenvalue weighted by molar-refractivity contribution is -0.123. The molecule has 1 aromatic rings. The molecule has 0 aliphatic carbocycles. The van der Waals surface area contributed by atoms with Crippen LogP contribution in [0.5, 0.6) is 5.75 Å². The Morgan fingerprint density at radius 3 is 3.00 bits per heavy atom. The first-order chi connectivity index (χ1) is 9.19. The van der Waals surface area contributed by atoms with Gasteiger partial charge in [-0.2, -0.15) is 5.26 Å². The molecule has 0 saturated heterocycles. The Morgan fingerprint density at radius 1 is 1.53 bits per heavy atom. The Hall–Kier alpha value is -1.58. The molecule has 1 rings (SSSR count). The number of carbonyl (C=O) groups excluding carboxylic acids is 1. The summed E-state index contributed by atoms with van der Waals surface area (Å²) in [6.07, 6.45) is 0.297. The van der Waals surface area contributed by atoms with E-state index >= 15 is 0 Å². The lowest BCUT2D eigenvalue weighted by Gasteiger charge is -2.13. The SMILES string of the molecule is CNCc1cccc(Br)c1OCC(=O)NCCC#N. The number of hydrogen-bond acceptors (Lipinski definition) is 4. The van der Waals surface area contributed by atoms with Gasteiger partial charge in [0.25, 0.3) is 5.91 Å². The Labute approximate surface area is 121 Å². The summed E-state index contributed by atoms with van der Waals surface area (Å²) in [6, 6.07) is 7.67. The van der Waals surface area contributed by atoms with Crippen LogP contribution in [0.3, 0.4) is 0 Å². The second kappa shape index (κ2) is 8.51. The number of halogens is 1. The first-order valence-electron chi connectivity index (χ1n) is 5.87. The highest BCUT2D eigenvalue weighted by Crippen LogP contribution is 2.28. The maximum Gasteiger partial charge on any atom is 0.257 e. The molecule has 0 spiro atoms. The van der Waals surface area contributed by atoms with Crippen molar-refractivity contribution in [1.82, 2.24) is 10.6 Å². The minimum atomic E-state index is -0.235. The number of rotatable bonds is 7. The number of nitriles is 1. The molecule has 0 radical (unpaired) electrons. The van der Waals surface area contributed by atoms with E-state index < -0.39 is 0 Å². The molecule has 0 bridgehead atoms. The fourth-order valence-electron chi connectivity index (χ4n) is 1.49. The number of hydrogen-bond donors (Lipinski definition) is 2. The van der Waals surface area contributed by atoms with Gasteiger partial charge in [0.15, 0.2) is 6.61 Å². The summed E-state index contributed by atoms with van der Waals surface area (Å²) in [7, 11) is 1.85. The lowest BCUT2D eigenvalue weighted by Crippen LogP contribution is -2.29. The number of ether oxygens (including phenoxy) is 1. The minimum absolute atomic E-state index is 0.0647. The van der Waals surface area contributed by atoms with Gasteiger partial charge in [-0.3, -0.25) is 4.79 Å². The van der Waals surface area contributed by atoms with Crippen LogP contribution in [-0.2, 0) is 11.3 Å². The highest BCUT2D eigenvalue weighted by molar-refractivity contribution is 9.10. The molecule has 1 amide bonds. The zero-order valence-corrected chi connectivity index (χ0v) is 12.3. The van der Waals surface area contributed by atoms with E-state index in [1.54, 1.807) is 0 Å². The van der Waals surface area contributed by atoms with Crippen molar-refractivity contribution in [3.63, 3.8) is 0 Å². The smallest absolute Gasteiger partial charge is 0.257 e. The van der Waals surface area contributed by atoms with Crippen LogP contribution in [0.15, 0.2) is 22.7 Å². The van der Waals surface area contributed by atoms with Crippen LogP contribution in [0.4, 0.5) is 0 Å². The average molecular weight is 326 g/mol.